The number of ether oxygens (including phenoxy) is 1. The van der Waals surface area contributed by atoms with Gasteiger partial charge in [-0.15, -0.1) is 0 Å². The Hall–Kier alpha value is -2.08. The Labute approximate surface area is 189 Å². The smallest absolute Gasteiger partial charge is 0.311 e. The van der Waals surface area contributed by atoms with E-state index in [1.807, 2.05) is 45.9 Å². The van der Waals surface area contributed by atoms with Crippen LogP contribution in [0.4, 0.5) is 0 Å². The van der Waals surface area contributed by atoms with Crippen molar-refractivity contribution in [3.8, 4) is 0 Å². The topological polar surface area (TPSA) is 65.4 Å². The van der Waals surface area contributed by atoms with E-state index in [4.69, 9.17) is 9.73 Å². The van der Waals surface area contributed by atoms with Gasteiger partial charge in [0.25, 0.3) is 0 Å². The number of nitrogens with zero attached hydrogens (tertiary/aromatic N) is 3. The van der Waals surface area contributed by atoms with Crippen LogP contribution in [0, 0.1) is 11.8 Å². The first-order chi connectivity index (χ1) is 14.7. The van der Waals surface area contributed by atoms with Gasteiger partial charge in [0.1, 0.15) is 29.5 Å². The van der Waals surface area contributed by atoms with E-state index in [0.29, 0.717) is 11.5 Å². The molecule has 0 spiro atoms. The Kier molecular flexibility index (Phi) is 12.2. The third kappa shape index (κ3) is 9.72. The van der Waals surface area contributed by atoms with E-state index in [0.717, 1.165) is 43.6 Å². The van der Waals surface area contributed by atoms with E-state index < -0.39 is 5.97 Å². The average molecular weight is 434 g/mol. The molecule has 1 rings (SSSR count). The van der Waals surface area contributed by atoms with Crippen molar-refractivity contribution >= 4 is 11.8 Å². The fourth-order valence-corrected chi connectivity index (χ4v) is 3.63. The Morgan fingerprint density at radius 1 is 1.23 bits per heavy atom. The lowest BCUT2D eigenvalue weighted by Gasteiger charge is -2.33. The summed E-state index contributed by atoms with van der Waals surface area (Å²) in [6.45, 7) is 16.1. The van der Waals surface area contributed by atoms with Gasteiger partial charge in [-0.1, -0.05) is 33.3 Å². The number of aliphatic imine (C=N–C) groups is 1. The fraction of sp³-hybridized carbons (Fsp3) is 0.680. The quantitative estimate of drug-likeness (QED) is 0.207. The highest BCUT2D eigenvalue weighted by atomic mass is 16.5. The molecule has 31 heavy (non-hydrogen) atoms. The number of hydrogen-bond acceptors (Lipinski definition) is 4. The summed E-state index contributed by atoms with van der Waals surface area (Å²) in [5.41, 5.74) is 0.723. The van der Waals surface area contributed by atoms with Crippen LogP contribution < -0.4 is 0 Å². The molecule has 0 unspecified atom stereocenters. The van der Waals surface area contributed by atoms with Crippen LogP contribution in [-0.2, 0) is 9.53 Å². The number of likely N-dealkylation sites (tertiary alicyclic amines) is 1. The second kappa shape index (κ2) is 14.1. The molecule has 1 aliphatic heterocycles. The number of piperidine rings is 1. The first-order valence-electron chi connectivity index (χ1n) is 11.7. The molecule has 1 heterocycles. The predicted octanol–water partition coefficient (Wildman–Crippen LogP) is 5.30. The summed E-state index contributed by atoms with van der Waals surface area (Å²) < 4.78 is 6.04. The first-order valence-corrected chi connectivity index (χ1v) is 11.7. The summed E-state index contributed by atoms with van der Waals surface area (Å²) in [6, 6.07) is 0. The molecule has 176 valence electrons. The van der Waals surface area contributed by atoms with Crippen LogP contribution in [0.3, 0.4) is 0 Å². The van der Waals surface area contributed by atoms with Crippen molar-refractivity contribution in [1.29, 1.82) is 0 Å². The lowest BCUT2D eigenvalue weighted by molar-refractivity contribution is -0.136. The molecule has 6 heteroatoms. The molecule has 0 aliphatic carbocycles. The third-order valence-corrected chi connectivity index (χ3v) is 5.69. The van der Waals surface area contributed by atoms with Crippen LogP contribution in [0.15, 0.2) is 40.4 Å². The summed E-state index contributed by atoms with van der Waals surface area (Å²) in [6.07, 6.45) is 9.24. The normalized spacial score (nSPS) is 17.9. The molecule has 0 saturated carbocycles. The number of carboxylic acid groups (broad SMARTS) is 1. The van der Waals surface area contributed by atoms with E-state index in [-0.39, 0.29) is 12.3 Å². The molecule has 1 N–H and O–H groups in total. The van der Waals surface area contributed by atoms with Gasteiger partial charge in [0.2, 0.25) is 0 Å². The summed E-state index contributed by atoms with van der Waals surface area (Å²) in [5.74, 6) is 2.16. The maximum atomic E-state index is 11.3. The average Bonchev–Trinajstić information content (AvgIpc) is 2.74. The van der Waals surface area contributed by atoms with Crippen LogP contribution >= 0.6 is 0 Å². The summed E-state index contributed by atoms with van der Waals surface area (Å²) >= 11 is 0. The Morgan fingerprint density at radius 3 is 2.32 bits per heavy atom. The molecule has 0 aromatic rings. The maximum absolute atomic E-state index is 11.3. The number of amidine groups is 1. The second-order valence-corrected chi connectivity index (χ2v) is 8.55. The van der Waals surface area contributed by atoms with Gasteiger partial charge < -0.3 is 14.7 Å². The monoisotopic (exact) mass is 433 g/mol. The van der Waals surface area contributed by atoms with Gasteiger partial charge in [0.05, 0.1) is 6.54 Å². The predicted molar refractivity (Wildman–Crippen MR) is 129 cm³/mol. The van der Waals surface area contributed by atoms with Crippen molar-refractivity contribution in [1.82, 2.24) is 9.80 Å². The molecule has 0 amide bonds. The molecule has 0 atom stereocenters. The Bertz CT molecular complexity index is 684. The van der Waals surface area contributed by atoms with Crippen LogP contribution in [0.5, 0.6) is 0 Å². The highest BCUT2D eigenvalue weighted by Gasteiger charge is 2.21. The minimum absolute atomic E-state index is 0.148. The maximum Gasteiger partial charge on any atom is 0.311 e. The summed E-state index contributed by atoms with van der Waals surface area (Å²) in [7, 11) is 2.07. The number of allylic oxidation sites excluding steroid dienone is 3. The molecule has 0 aromatic carbocycles. The van der Waals surface area contributed by atoms with Gasteiger partial charge in [0.15, 0.2) is 0 Å². The fourth-order valence-electron chi connectivity index (χ4n) is 3.63. The summed E-state index contributed by atoms with van der Waals surface area (Å²) in [4.78, 5) is 20.9. The highest BCUT2D eigenvalue weighted by Crippen LogP contribution is 2.23. The Morgan fingerprint density at radius 2 is 1.87 bits per heavy atom. The van der Waals surface area contributed by atoms with Gasteiger partial charge in [-0.3, -0.25) is 9.69 Å². The van der Waals surface area contributed by atoms with Gasteiger partial charge in [0, 0.05) is 13.6 Å². The van der Waals surface area contributed by atoms with Crippen molar-refractivity contribution in [3.63, 3.8) is 0 Å². The molecule has 0 aromatic heterocycles. The minimum atomic E-state index is -0.908. The number of rotatable bonds is 11. The van der Waals surface area contributed by atoms with Crippen LogP contribution in [0.25, 0.3) is 0 Å². The molecular formula is C25H43N3O3. The van der Waals surface area contributed by atoms with E-state index in [1.165, 1.54) is 19.3 Å². The van der Waals surface area contributed by atoms with Crippen molar-refractivity contribution in [3.05, 3.63) is 35.4 Å². The van der Waals surface area contributed by atoms with Crippen molar-refractivity contribution < 1.29 is 14.6 Å². The number of hydrogen-bond donors (Lipinski definition) is 1. The van der Waals surface area contributed by atoms with Gasteiger partial charge >= 0.3 is 5.97 Å². The second-order valence-electron chi connectivity index (χ2n) is 8.55. The zero-order valence-corrected chi connectivity index (χ0v) is 20.6. The third-order valence-electron chi connectivity index (χ3n) is 5.69. The lowest BCUT2D eigenvalue weighted by Crippen LogP contribution is -2.42. The molecule has 6 nitrogen and oxygen atoms in total. The molecular weight excluding hydrogens is 390 g/mol. The van der Waals surface area contributed by atoms with Crippen molar-refractivity contribution in [2.24, 2.45) is 16.8 Å². The Balaban J connectivity index is 3.07. The van der Waals surface area contributed by atoms with Crippen molar-refractivity contribution in [2.45, 2.75) is 67.2 Å². The molecule has 1 aliphatic rings. The number of carboxylic acids is 1. The molecule has 0 radical (unpaired) electrons. The standard InChI is InChI=1S/C25H43N3O3/c1-8-20-12-14-28(15-13-20)18-24(27(7)11-4)26-22(9-2)23(10-3)31-21(16-19(5)6)17-25(29)30/h9-10,16,19-20H,8,11-15,17-18H2,1-7H3,(H,29,30)/b21-16?,22-9+,23-10-,26-24-. The van der Waals surface area contributed by atoms with Gasteiger partial charge in [-0.2, -0.15) is 0 Å². The van der Waals surface area contributed by atoms with Crippen LogP contribution in [-0.4, -0.2) is 59.9 Å². The molecule has 1 saturated heterocycles. The number of aliphatic carboxylic acids is 1. The number of likely N-dealkylation sites (N-methyl/N-ethyl adjacent to an activating group) is 1. The van der Waals surface area contributed by atoms with E-state index in [1.54, 1.807) is 0 Å². The van der Waals surface area contributed by atoms with Crippen LogP contribution in [0.2, 0.25) is 0 Å². The summed E-state index contributed by atoms with van der Waals surface area (Å²) in [5, 5.41) is 9.25. The first kappa shape index (κ1) is 27.0. The minimum Gasteiger partial charge on any atom is -0.481 e. The highest BCUT2D eigenvalue weighted by molar-refractivity contribution is 5.85. The number of carbonyl (C=O) groups is 1. The van der Waals surface area contributed by atoms with Gasteiger partial charge in [-0.05, 0) is 70.7 Å². The largest absolute Gasteiger partial charge is 0.481 e. The SMILES string of the molecule is C/C=C(OC(=CC(C)C)CC(=O)O)/C(=C\C)/N=C(/CN1CCC(CC)CC1)N(C)CC. The zero-order valence-electron chi connectivity index (χ0n) is 20.6. The lowest BCUT2D eigenvalue weighted by atomic mass is 9.94. The van der Waals surface area contributed by atoms with Gasteiger partial charge in [-0.25, -0.2) is 4.99 Å². The van der Waals surface area contributed by atoms with Crippen LogP contribution in [0.1, 0.15) is 67.2 Å². The van der Waals surface area contributed by atoms with E-state index >= 15 is 0 Å². The molecule has 1 fully saturated rings. The van der Waals surface area contributed by atoms with Crippen molar-refractivity contribution in [2.75, 3.05) is 33.2 Å². The zero-order chi connectivity index (χ0) is 23.4. The molecule has 0 bridgehead atoms. The van der Waals surface area contributed by atoms with E-state index in [9.17, 15) is 9.90 Å². The van der Waals surface area contributed by atoms with E-state index in [2.05, 4.69) is 30.7 Å².